The third-order valence-corrected chi connectivity index (χ3v) is 7.19. The van der Waals surface area contributed by atoms with Gasteiger partial charge in [-0.25, -0.2) is 9.59 Å². The molecular weight excluding hydrogens is 610 g/mol. The lowest BCUT2D eigenvalue weighted by Crippen LogP contribution is -2.58. The van der Waals surface area contributed by atoms with Crippen molar-refractivity contribution in [1.82, 2.24) is 26.6 Å². The van der Waals surface area contributed by atoms with E-state index in [0.29, 0.717) is 45.2 Å². The van der Waals surface area contributed by atoms with Gasteiger partial charge in [-0.3, -0.25) is 19.8 Å². The molecule has 4 amide bonds. The Morgan fingerprint density at radius 1 is 0.766 bits per heavy atom. The lowest BCUT2D eigenvalue weighted by molar-refractivity contribution is -0.142. The van der Waals surface area contributed by atoms with E-state index in [1.54, 1.807) is 26.0 Å². The van der Waals surface area contributed by atoms with E-state index in [9.17, 15) is 29.1 Å². The van der Waals surface area contributed by atoms with E-state index in [1.165, 1.54) is 0 Å². The highest BCUT2D eigenvalue weighted by atomic mass is 16.5. The number of guanidine groups is 1. The summed E-state index contributed by atoms with van der Waals surface area (Å²) in [6, 6.07) is 4.60. The fraction of sp³-hybridized carbons (Fsp3) is 0.613. The maximum absolute atomic E-state index is 13.6. The van der Waals surface area contributed by atoms with Gasteiger partial charge in [0.1, 0.15) is 30.8 Å². The molecule has 13 N–H and O–H groups in total. The molecule has 16 nitrogen and oxygen atoms in total. The summed E-state index contributed by atoms with van der Waals surface area (Å²) in [5.41, 5.74) is 17.3. The molecule has 1 aromatic rings. The minimum Gasteiger partial charge on any atom is -0.480 e. The molecule has 16 heteroatoms. The smallest absolute Gasteiger partial charge is 0.408 e. The Bertz CT molecular complexity index is 1140. The molecule has 1 rings (SSSR count). The molecule has 1 aromatic carbocycles. The van der Waals surface area contributed by atoms with E-state index < -0.39 is 54.0 Å². The quantitative estimate of drug-likeness (QED) is 0.0422. The summed E-state index contributed by atoms with van der Waals surface area (Å²) in [6.07, 6.45) is 2.07. The first-order valence-corrected chi connectivity index (χ1v) is 16.0. The number of carboxylic acids is 1. The Hall–Kier alpha value is -4.44. The molecule has 0 aromatic heterocycles. The van der Waals surface area contributed by atoms with E-state index in [-0.39, 0.29) is 44.3 Å². The van der Waals surface area contributed by atoms with Crippen molar-refractivity contribution in [2.45, 2.75) is 96.0 Å². The standard InChI is InChI=1S/C31H53N9O7/c1-20(2)25(40-31(46)47-19-21-11-4-3-5-12-21)28(43)38-23(14-7-9-17-33)26(41)37-22(13-6-8-16-32)27(42)39-24(29(44)45)15-10-18-36-30(34)35/h3-5,11-12,20,22-25H,6-10,13-19,32-33H2,1-2H3,(H,37,41)(H,38,43)(H,39,42)(H,40,46)(H,44,45)(H4,34,35,36)/t22-,23-,24-,25-/m0/s1. The molecule has 0 aliphatic rings. The number of hydrogen-bond donors (Lipinski definition) is 10. The monoisotopic (exact) mass is 663 g/mol. The maximum Gasteiger partial charge on any atom is 0.408 e. The number of alkyl carbamates (subject to hydrolysis) is 1. The minimum atomic E-state index is -1.25. The van der Waals surface area contributed by atoms with E-state index in [0.717, 1.165) is 5.56 Å². The van der Waals surface area contributed by atoms with Crippen LogP contribution in [0.5, 0.6) is 0 Å². The van der Waals surface area contributed by atoms with Crippen molar-refractivity contribution >= 4 is 35.7 Å². The number of unbranched alkanes of at least 4 members (excludes halogenated alkanes) is 2. The average molecular weight is 664 g/mol. The third-order valence-electron chi connectivity index (χ3n) is 7.19. The van der Waals surface area contributed by atoms with Gasteiger partial charge in [-0.05, 0) is 75.9 Å². The Kier molecular flexibility index (Phi) is 19.8. The molecule has 0 fully saturated rings. The topological polar surface area (TPSA) is 277 Å². The van der Waals surface area contributed by atoms with Gasteiger partial charge in [0.05, 0.1) is 0 Å². The van der Waals surface area contributed by atoms with Crippen LogP contribution in [0.1, 0.15) is 70.8 Å². The van der Waals surface area contributed by atoms with Gasteiger partial charge in [0.15, 0.2) is 5.96 Å². The Balaban J connectivity index is 3.02. The van der Waals surface area contributed by atoms with E-state index in [2.05, 4.69) is 26.6 Å². The predicted octanol–water partition coefficient (Wildman–Crippen LogP) is -0.00233. The fourth-order valence-electron chi connectivity index (χ4n) is 4.54. The predicted molar refractivity (Wildman–Crippen MR) is 177 cm³/mol. The number of nitrogens with one attached hydrogen (secondary N) is 6. The summed E-state index contributed by atoms with van der Waals surface area (Å²) in [5, 5.41) is 29.9. The van der Waals surface area contributed by atoms with Crippen molar-refractivity contribution in [3.05, 3.63) is 35.9 Å². The number of aliphatic carboxylic acids is 1. The molecule has 0 heterocycles. The molecule has 0 bridgehead atoms. The number of nitrogens with two attached hydrogens (primary N) is 3. The zero-order valence-electron chi connectivity index (χ0n) is 27.4. The molecule has 4 atom stereocenters. The van der Waals surface area contributed by atoms with Crippen molar-refractivity contribution in [2.75, 3.05) is 19.6 Å². The Labute approximate surface area is 276 Å². The van der Waals surface area contributed by atoms with E-state index in [4.69, 9.17) is 27.3 Å². The van der Waals surface area contributed by atoms with Gasteiger partial charge in [0, 0.05) is 6.54 Å². The summed E-state index contributed by atoms with van der Waals surface area (Å²) in [6.45, 7) is 4.45. The number of benzene rings is 1. The summed E-state index contributed by atoms with van der Waals surface area (Å²) >= 11 is 0. The van der Waals surface area contributed by atoms with Crippen LogP contribution in [0.3, 0.4) is 0 Å². The molecule has 0 unspecified atom stereocenters. The molecule has 47 heavy (non-hydrogen) atoms. The van der Waals surface area contributed by atoms with Gasteiger partial charge in [-0.15, -0.1) is 0 Å². The molecule has 264 valence electrons. The third kappa shape index (κ3) is 17.2. The first kappa shape index (κ1) is 40.6. The highest BCUT2D eigenvalue weighted by Gasteiger charge is 2.32. The molecule has 0 saturated heterocycles. The molecule has 0 spiro atoms. The van der Waals surface area contributed by atoms with Crippen LogP contribution in [-0.4, -0.2) is 84.7 Å². The van der Waals surface area contributed by atoms with Crippen molar-refractivity contribution < 1.29 is 33.8 Å². The van der Waals surface area contributed by atoms with Gasteiger partial charge < -0.3 is 53.6 Å². The number of carbonyl (C=O) groups excluding carboxylic acids is 4. The van der Waals surface area contributed by atoms with Gasteiger partial charge in [0.25, 0.3) is 0 Å². The number of carbonyl (C=O) groups is 5. The lowest BCUT2D eigenvalue weighted by Gasteiger charge is -2.27. The molecule has 0 aliphatic carbocycles. The van der Waals surface area contributed by atoms with E-state index in [1.807, 2.05) is 18.2 Å². The zero-order valence-corrected chi connectivity index (χ0v) is 27.4. The summed E-state index contributed by atoms with van der Waals surface area (Å²) in [7, 11) is 0. The number of carboxylic acid groups (broad SMARTS) is 1. The normalized spacial score (nSPS) is 13.4. The van der Waals surface area contributed by atoms with E-state index >= 15 is 0 Å². The van der Waals surface area contributed by atoms with Gasteiger partial charge in [-0.1, -0.05) is 44.2 Å². The van der Waals surface area contributed by atoms with Crippen LogP contribution in [-0.2, 0) is 30.5 Å². The number of ether oxygens (including phenoxy) is 1. The second kappa shape index (κ2) is 23.0. The van der Waals surface area contributed by atoms with Crippen LogP contribution < -0.4 is 43.8 Å². The van der Waals surface area contributed by atoms with Crippen LogP contribution in [0.2, 0.25) is 0 Å². The maximum atomic E-state index is 13.6. The highest BCUT2D eigenvalue weighted by Crippen LogP contribution is 2.10. The number of amides is 4. The van der Waals surface area contributed by atoms with Crippen molar-refractivity contribution in [3.8, 4) is 0 Å². The van der Waals surface area contributed by atoms with Crippen molar-refractivity contribution in [1.29, 1.82) is 5.41 Å². The second-order valence-electron chi connectivity index (χ2n) is 11.5. The number of hydrogen-bond acceptors (Lipinski definition) is 9. The molecule has 0 saturated carbocycles. The lowest BCUT2D eigenvalue weighted by atomic mass is 10.0. The first-order chi connectivity index (χ1) is 22.4. The van der Waals surface area contributed by atoms with Gasteiger partial charge in [-0.2, -0.15) is 0 Å². The Morgan fingerprint density at radius 3 is 1.77 bits per heavy atom. The molecule has 0 aliphatic heterocycles. The zero-order chi connectivity index (χ0) is 35.2. The van der Waals surface area contributed by atoms with Crippen LogP contribution in [0.4, 0.5) is 4.79 Å². The molecular formula is C31H53N9O7. The second-order valence-corrected chi connectivity index (χ2v) is 11.5. The largest absolute Gasteiger partial charge is 0.480 e. The van der Waals surface area contributed by atoms with Gasteiger partial charge in [0.2, 0.25) is 17.7 Å². The average Bonchev–Trinajstić information content (AvgIpc) is 3.03. The highest BCUT2D eigenvalue weighted by molar-refractivity contribution is 5.94. The van der Waals surface area contributed by atoms with Crippen LogP contribution >= 0.6 is 0 Å². The first-order valence-electron chi connectivity index (χ1n) is 16.0. The fourth-order valence-corrected chi connectivity index (χ4v) is 4.54. The van der Waals surface area contributed by atoms with Crippen LogP contribution in [0.15, 0.2) is 30.3 Å². The number of rotatable bonds is 23. The minimum absolute atomic E-state index is 0.00880. The van der Waals surface area contributed by atoms with Crippen molar-refractivity contribution in [2.24, 2.45) is 23.1 Å². The van der Waals surface area contributed by atoms with Crippen LogP contribution in [0.25, 0.3) is 0 Å². The summed E-state index contributed by atoms with van der Waals surface area (Å²) < 4.78 is 5.27. The summed E-state index contributed by atoms with van der Waals surface area (Å²) in [5.74, 6) is -3.82. The molecule has 0 radical (unpaired) electrons. The Morgan fingerprint density at radius 2 is 1.28 bits per heavy atom. The SMILES string of the molecule is CC(C)[C@H](NC(=O)OCc1ccccc1)C(=O)N[C@@H](CCCCN)C(=O)N[C@@H](CCCCN)C(=O)N[C@@H](CCCNC(=N)N)C(=O)O. The van der Waals surface area contributed by atoms with Crippen LogP contribution in [0, 0.1) is 11.3 Å². The van der Waals surface area contributed by atoms with Gasteiger partial charge >= 0.3 is 12.1 Å². The van der Waals surface area contributed by atoms with Crippen molar-refractivity contribution in [3.63, 3.8) is 0 Å². The summed E-state index contributed by atoms with van der Waals surface area (Å²) in [4.78, 5) is 64.6.